The van der Waals surface area contributed by atoms with Crippen LogP contribution in [0.4, 0.5) is 0 Å². The maximum absolute atomic E-state index is 11.6. The molecule has 0 bridgehead atoms. The molecule has 17 heavy (non-hydrogen) atoms. The van der Waals surface area contributed by atoms with Gasteiger partial charge in [-0.25, -0.2) is 8.42 Å². The van der Waals surface area contributed by atoms with Crippen molar-refractivity contribution in [3.63, 3.8) is 0 Å². The van der Waals surface area contributed by atoms with Gasteiger partial charge in [-0.2, -0.15) is 0 Å². The Hall–Kier alpha value is -0.620. The fourth-order valence-corrected chi connectivity index (χ4v) is 4.27. The first-order chi connectivity index (χ1) is 7.91. The highest BCUT2D eigenvalue weighted by Crippen LogP contribution is 2.31. The van der Waals surface area contributed by atoms with Crippen LogP contribution >= 0.6 is 0 Å². The Morgan fingerprint density at radius 2 is 2.06 bits per heavy atom. The van der Waals surface area contributed by atoms with Crippen LogP contribution in [0.15, 0.2) is 0 Å². The minimum absolute atomic E-state index is 0.116. The van der Waals surface area contributed by atoms with E-state index in [1.807, 2.05) is 0 Å². The van der Waals surface area contributed by atoms with E-state index < -0.39 is 9.84 Å². The fraction of sp³-hybridized carbons (Fsp3) is 0.909. The Labute approximate surface area is 102 Å². The molecule has 6 heteroatoms. The molecule has 3 N–H and O–H groups in total. The van der Waals surface area contributed by atoms with Gasteiger partial charge in [0.15, 0.2) is 9.84 Å². The number of amides is 1. The molecule has 0 aromatic heterocycles. The first-order valence-corrected chi connectivity index (χ1v) is 7.90. The van der Waals surface area contributed by atoms with Crippen LogP contribution in [0.3, 0.4) is 0 Å². The lowest BCUT2D eigenvalue weighted by atomic mass is 9.75. The summed E-state index contributed by atoms with van der Waals surface area (Å²) in [7, 11) is -2.96. The molecule has 2 rings (SSSR count). The lowest BCUT2D eigenvalue weighted by molar-refractivity contribution is -0.122. The highest BCUT2D eigenvalue weighted by atomic mass is 32.2. The van der Waals surface area contributed by atoms with Gasteiger partial charge in [0, 0.05) is 18.5 Å². The molecule has 1 amide bonds. The predicted molar refractivity (Wildman–Crippen MR) is 65.2 cm³/mol. The van der Waals surface area contributed by atoms with E-state index in [4.69, 9.17) is 5.73 Å². The van der Waals surface area contributed by atoms with Crippen molar-refractivity contribution in [1.29, 1.82) is 0 Å². The van der Waals surface area contributed by atoms with Crippen LogP contribution in [0.2, 0.25) is 0 Å². The Morgan fingerprint density at radius 3 is 2.53 bits per heavy atom. The summed E-state index contributed by atoms with van der Waals surface area (Å²) < 4.78 is 23.1. The summed E-state index contributed by atoms with van der Waals surface area (Å²) in [6.45, 7) is 0.247. The molecule has 1 heterocycles. The minimum Gasteiger partial charge on any atom is -0.355 e. The van der Waals surface area contributed by atoms with Crippen molar-refractivity contribution in [2.75, 3.05) is 12.3 Å². The predicted octanol–water partition coefficient (Wildman–Crippen LogP) is -0.0487. The van der Waals surface area contributed by atoms with Crippen molar-refractivity contribution < 1.29 is 13.2 Å². The molecule has 5 nitrogen and oxygen atoms in total. The summed E-state index contributed by atoms with van der Waals surface area (Å²) in [5, 5.41) is 2.32. The molecule has 0 aromatic rings. The molecule has 0 aromatic carbocycles. The molecule has 1 aliphatic carbocycles. The number of nitrogens with two attached hydrogens (primary N) is 1. The third kappa shape index (κ3) is 2.98. The highest BCUT2D eigenvalue weighted by molar-refractivity contribution is 7.92. The Balaban J connectivity index is 1.76. The van der Waals surface area contributed by atoms with Gasteiger partial charge in [0.05, 0.1) is 11.0 Å². The average molecular weight is 260 g/mol. The normalized spacial score (nSPS) is 29.6. The minimum atomic E-state index is -2.96. The molecule has 1 saturated carbocycles. The maximum Gasteiger partial charge on any atom is 0.221 e. The SMILES string of the molecule is NC1(CC(=O)NCC2CCCS2(=O)=O)CCC1. The van der Waals surface area contributed by atoms with E-state index >= 15 is 0 Å². The van der Waals surface area contributed by atoms with Crippen molar-refractivity contribution in [2.45, 2.75) is 49.3 Å². The second-order valence-corrected chi connectivity index (χ2v) is 7.73. The third-order valence-electron chi connectivity index (χ3n) is 3.85. The molecule has 0 radical (unpaired) electrons. The van der Waals surface area contributed by atoms with E-state index in [-0.39, 0.29) is 29.0 Å². The summed E-state index contributed by atoms with van der Waals surface area (Å²) in [5.74, 6) is 0.142. The van der Waals surface area contributed by atoms with Gasteiger partial charge in [-0.05, 0) is 32.1 Å². The molecule has 1 saturated heterocycles. The van der Waals surface area contributed by atoms with Crippen LogP contribution in [0, 0.1) is 0 Å². The Kier molecular flexibility index (Phi) is 3.45. The number of hydrogen-bond acceptors (Lipinski definition) is 4. The Morgan fingerprint density at radius 1 is 1.35 bits per heavy atom. The molecule has 0 spiro atoms. The van der Waals surface area contributed by atoms with Crippen LogP contribution in [0.5, 0.6) is 0 Å². The highest BCUT2D eigenvalue weighted by Gasteiger charge is 2.35. The number of carbonyl (C=O) groups excluding carboxylic acids is 1. The van der Waals surface area contributed by atoms with Crippen molar-refractivity contribution in [3.05, 3.63) is 0 Å². The summed E-state index contributed by atoms with van der Waals surface area (Å²) in [4.78, 5) is 11.6. The first kappa shape index (κ1) is 12.8. The van der Waals surface area contributed by atoms with Gasteiger partial charge in [-0.15, -0.1) is 0 Å². The standard InChI is InChI=1S/C11H20N2O3S/c12-11(4-2-5-11)7-10(14)13-8-9-3-1-6-17(9,15)16/h9H,1-8,12H2,(H,13,14). The largest absolute Gasteiger partial charge is 0.355 e. The lowest BCUT2D eigenvalue weighted by Gasteiger charge is -2.37. The summed E-state index contributed by atoms with van der Waals surface area (Å²) in [5.41, 5.74) is 5.63. The van der Waals surface area contributed by atoms with E-state index in [9.17, 15) is 13.2 Å². The van der Waals surface area contributed by atoms with Crippen LogP contribution in [0.25, 0.3) is 0 Å². The molecule has 98 valence electrons. The zero-order chi connectivity index (χ0) is 12.5. The number of nitrogens with one attached hydrogen (secondary N) is 1. The van der Waals surface area contributed by atoms with E-state index in [0.717, 1.165) is 19.3 Å². The molecule has 2 fully saturated rings. The van der Waals surface area contributed by atoms with Gasteiger partial charge in [0.1, 0.15) is 0 Å². The fourth-order valence-electron chi connectivity index (χ4n) is 2.51. The molecular weight excluding hydrogens is 240 g/mol. The van der Waals surface area contributed by atoms with Gasteiger partial charge in [0.2, 0.25) is 5.91 Å². The molecular formula is C11H20N2O3S. The number of carbonyl (C=O) groups is 1. The van der Waals surface area contributed by atoms with Gasteiger partial charge in [-0.3, -0.25) is 4.79 Å². The van der Waals surface area contributed by atoms with Gasteiger partial charge >= 0.3 is 0 Å². The van der Waals surface area contributed by atoms with Gasteiger partial charge in [-0.1, -0.05) is 0 Å². The molecule has 1 aliphatic heterocycles. The van der Waals surface area contributed by atoms with E-state index in [2.05, 4.69) is 5.32 Å². The molecule has 1 atom stereocenters. The van der Waals surface area contributed by atoms with Gasteiger partial charge < -0.3 is 11.1 Å². The van der Waals surface area contributed by atoms with Crippen molar-refractivity contribution in [1.82, 2.24) is 5.32 Å². The van der Waals surface area contributed by atoms with Crippen molar-refractivity contribution in [2.24, 2.45) is 5.73 Å². The topological polar surface area (TPSA) is 89.3 Å². The van der Waals surface area contributed by atoms with Crippen LogP contribution in [-0.4, -0.2) is 37.4 Å². The Bertz CT molecular complexity index is 401. The zero-order valence-electron chi connectivity index (χ0n) is 9.94. The zero-order valence-corrected chi connectivity index (χ0v) is 10.8. The lowest BCUT2D eigenvalue weighted by Crippen LogP contribution is -2.50. The second-order valence-electron chi connectivity index (χ2n) is 5.33. The van der Waals surface area contributed by atoms with Crippen LogP contribution in [0.1, 0.15) is 38.5 Å². The first-order valence-electron chi connectivity index (χ1n) is 6.18. The van der Waals surface area contributed by atoms with Crippen molar-refractivity contribution >= 4 is 15.7 Å². The van der Waals surface area contributed by atoms with Gasteiger partial charge in [0.25, 0.3) is 0 Å². The van der Waals surface area contributed by atoms with Crippen LogP contribution < -0.4 is 11.1 Å². The third-order valence-corrected chi connectivity index (χ3v) is 6.13. The number of hydrogen-bond donors (Lipinski definition) is 2. The molecule has 1 unspecified atom stereocenters. The summed E-state index contributed by atoms with van der Waals surface area (Å²) in [6, 6.07) is 0. The average Bonchev–Trinajstić information content (AvgIpc) is 2.52. The van der Waals surface area contributed by atoms with E-state index in [1.165, 1.54) is 0 Å². The quantitative estimate of drug-likeness (QED) is 0.741. The number of rotatable bonds is 4. The van der Waals surface area contributed by atoms with E-state index in [0.29, 0.717) is 19.3 Å². The second kappa shape index (κ2) is 4.57. The molecule has 2 aliphatic rings. The monoisotopic (exact) mass is 260 g/mol. The van der Waals surface area contributed by atoms with Crippen LogP contribution in [-0.2, 0) is 14.6 Å². The maximum atomic E-state index is 11.6. The number of sulfone groups is 1. The summed E-state index contributed by atoms with van der Waals surface area (Å²) >= 11 is 0. The van der Waals surface area contributed by atoms with E-state index in [1.54, 1.807) is 0 Å². The smallest absolute Gasteiger partial charge is 0.221 e. The van der Waals surface area contributed by atoms with Crippen molar-refractivity contribution in [3.8, 4) is 0 Å². The summed E-state index contributed by atoms with van der Waals surface area (Å²) in [6.07, 6.45) is 4.56.